The predicted molar refractivity (Wildman–Crippen MR) is 69.4 cm³/mol. The molecular weight excluding hydrogens is 232 g/mol. The molecule has 1 aliphatic rings. The Morgan fingerprint density at radius 3 is 2.72 bits per heavy atom. The van der Waals surface area contributed by atoms with Crippen LogP contribution >= 0.6 is 0 Å². The number of carbonyl (C=O) groups excluding carboxylic acids is 1. The largest absolute Gasteiger partial charge is 0.481 e. The summed E-state index contributed by atoms with van der Waals surface area (Å²) in [6.07, 6.45) is 2.49. The van der Waals surface area contributed by atoms with Crippen molar-refractivity contribution >= 4 is 12.0 Å². The van der Waals surface area contributed by atoms with Gasteiger partial charge in [0, 0.05) is 26.7 Å². The number of carbonyl (C=O) groups is 2. The van der Waals surface area contributed by atoms with Gasteiger partial charge in [-0.2, -0.15) is 0 Å². The number of hydrogen-bond acceptors (Lipinski definition) is 2. The number of piperidine rings is 1. The Hall–Kier alpha value is -1.26. The van der Waals surface area contributed by atoms with Crippen molar-refractivity contribution in [3.05, 3.63) is 0 Å². The summed E-state index contributed by atoms with van der Waals surface area (Å²) >= 11 is 0. The summed E-state index contributed by atoms with van der Waals surface area (Å²) in [5.41, 5.74) is 0. The van der Waals surface area contributed by atoms with Gasteiger partial charge < -0.3 is 14.9 Å². The molecule has 1 N–H and O–H groups in total. The van der Waals surface area contributed by atoms with Crippen LogP contribution in [0.15, 0.2) is 0 Å². The Bertz CT molecular complexity index is 307. The lowest BCUT2D eigenvalue weighted by atomic mass is 9.98. The summed E-state index contributed by atoms with van der Waals surface area (Å²) in [5, 5.41) is 9.01. The molecule has 0 spiro atoms. The molecule has 1 fully saturated rings. The van der Waals surface area contributed by atoms with Crippen molar-refractivity contribution in [3.63, 3.8) is 0 Å². The van der Waals surface area contributed by atoms with Crippen molar-refractivity contribution in [2.75, 3.05) is 26.7 Å². The van der Waals surface area contributed by atoms with Gasteiger partial charge in [0.2, 0.25) is 0 Å². The van der Waals surface area contributed by atoms with Gasteiger partial charge in [-0.25, -0.2) is 4.79 Å². The average molecular weight is 256 g/mol. The van der Waals surface area contributed by atoms with E-state index in [1.807, 2.05) is 0 Å². The molecule has 0 aromatic heterocycles. The van der Waals surface area contributed by atoms with E-state index in [1.165, 1.54) is 0 Å². The summed E-state index contributed by atoms with van der Waals surface area (Å²) in [7, 11) is 1.79. The molecule has 0 bridgehead atoms. The number of aliphatic carboxylic acids is 1. The number of carboxylic acids is 1. The van der Waals surface area contributed by atoms with Gasteiger partial charge >= 0.3 is 12.0 Å². The molecule has 1 aliphatic heterocycles. The van der Waals surface area contributed by atoms with Crippen LogP contribution in [0.25, 0.3) is 0 Å². The summed E-state index contributed by atoms with van der Waals surface area (Å²) in [5.74, 6) is -0.726. The molecule has 104 valence electrons. The van der Waals surface area contributed by atoms with Crippen LogP contribution in [0.3, 0.4) is 0 Å². The molecule has 18 heavy (non-hydrogen) atoms. The minimum atomic E-state index is -0.794. The van der Waals surface area contributed by atoms with Crippen molar-refractivity contribution < 1.29 is 14.7 Å². The maximum Gasteiger partial charge on any atom is 0.319 e. The minimum Gasteiger partial charge on any atom is -0.481 e. The van der Waals surface area contributed by atoms with Gasteiger partial charge in [0.15, 0.2) is 0 Å². The lowest BCUT2D eigenvalue weighted by Crippen LogP contribution is -2.48. The fourth-order valence-electron chi connectivity index (χ4n) is 2.27. The molecule has 5 heteroatoms. The van der Waals surface area contributed by atoms with Crippen LogP contribution in [0.1, 0.15) is 33.1 Å². The molecule has 2 atom stereocenters. The summed E-state index contributed by atoms with van der Waals surface area (Å²) < 4.78 is 0. The van der Waals surface area contributed by atoms with E-state index >= 15 is 0 Å². The molecule has 1 saturated heterocycles. The Morgan fingerprint density at radius 1 is 1.50 bits per heavy atom. The minimum absolute atomic E-state index is 0.0405. The van der Waals surface area contributed by atoms with Gasteiger partial charge in [-0.3, -0.25) is 4.79 Å². The molecular formula is C13H24N2O3. The first-order chi connectivity index (χ1) is 8.45. The van der Waals surface area contributed by atoms with E-state index in [0.717, 1.165) is 19.4 Å². The molecule has 2 amide bonds. The lowest BCUT2D eigenvalue weighted by molar-refractivity contribution is -0.143. The van der Waals surface area contributed by atoms with E-state index in [0.29, 0.717) is 25.4 Å². The first-order valence-corrected chi connectivity index (χ1v) is 6.68. The van der Waals surface area contributed by atoms with Crippen LogP contribution in [-0.2, 0) is 4.79 Å². The van der Waals surface area contributed by atoms with Crippen LogP contribution in [0.4, 0.5) is 4.79 Å². The van der Waals surface area contributed by atoms with Gasteiger partial charge in [0.1, 0.15) is 0 Å². The predicted octanol–water partition coefficient (Wildman–Crippen LogP) is 1.88. The zero-order chi connectivity index (χ0) is 13.7. The second-order valence-corrected chi connectivity index (χ2v) is 5.30. The maximum absolute atomic E-state index is 12.2. The quantitative estimate of drug-likeness (QED) is 0.835. The second-order valence-electron chi connectivity index (χ2n) is 5.30. The highest BCUT2D eigenvalue weighted by atomic mass is 16.4. The number of carboxylic acid groups (broad SMARTS) is 1. The third kappa shape index (κ3) is 3.89. The average Bonchev–Trinajstić information content (AvgIpc) is 2.37. The third-order valence-electron chi connectivity index (χ3n) is 3.65. The highest BCUT2D eigenvalue weighted by Crippen LogP contribution is 2.18. The fraction of sp³-hybridized carbons (Fsp3) is 0.846. The van der Waals surface area contributed by atoms with E-state index in [-0.39, 0.29) is 6.03 Å². The summed E-state index contributed by atoms with van der Waals surface area (Å²) in [6, 6.07) is -0.0405. The molecule has 1 rings (SSSR count). The van der Waals surface area contributed by atoms with Crippen LogP contribution in [-0.4, -0.2) is 53.6 Å². The second kappa shape index (κ2) is 6.61. The number of urea groups is 1. The molecule has 1 heterocycles. The SMILES string of the molecule is CCC(C)CN(C)C(=O)N1CCC[C@@H](C(=O)O)C1. The molecule has 0 aliphatic carbocycles. The third-order valence-corrected chi connectivity index (χ3v) is 3.65. The monoisotopic (exact) mass is 256 g/mol. The van der Waals surface area contributed by atoms with Crippen molar-refractivity contribution in [2.45, 2.75) is 33.1 Å². The van der Waals surface area contributed by atoms with Gasteiger partial charge in [-0.05, 0) is 18.8 Å². The Morgan fingerprint density at radius 2 is 2.17 bits per heavy atom. The fourth-order valence-corrected chi connectivity index (χ4v) is 2.27. The normalized spacial score (nSPS) is 21.5. The number of amides is 2. The highest BCUT2D eigenvalue weighted by molar-refractivity contribution is 5.76. The molecule has 0 saturated carbocycles. The van der Waals surface area contributed by atoms with E-state index < -0.39 is 11.9 Å². The lowest BCUT2D eigenvalue weighted by Gasteiger charge is -2.34. The van der Waals surface area contributed by atoms with Crippen LogP contribution in [0.2, 0.25) is 0 Å². The van der Waals surface area contributed by atoms with Gasteiger partial charge in [0.25, 0.3) is 0 Å². The zero-order valence-electron chi connectivity index (χ0n) is 11.6. The maximum atomic E-state index is 12.2. The van der Waals surface area contributed by atoms with Crippen LogP contribution < -0.4 is 0 Å². The van der Waals surface area contributed by atoms with E-state index in [4.69, 9.17) is 5.11 Å². The summed E-state index contributed by atoms with van der Waals surface area (Å²) in [6.45, 7) is 5.96. The number of likely N-dealkylation sites (tertiary alicyclic amines) is 1. The molecule has 0 radical (unpaired) electrons. The number of hydrogen-bond donors (Lipinski definition) is 1. The standard InChI is InChI=1S/C13H24N2O3/c1-4-10(2)8-14(3)13(18)15-7-5-6-11(9-15)12(16)17/h10-11H,4-9H2,1-3H3,(H,16,17)/t10?,11-/m1/s1. The van der Waals surface area contributed by atoms with Gasteiger partial charge in [0.05, 0.1) is 5.92 Å². The van der Waals surface area contributed by atoms with Crippen molar-refractivity contribution in [1.82, 2.24) is 9.80 Å². The van der Waals surface area contributed by atoms with Crippen LogP contribution in [0.5, 0.6) is 0 Å². The van der Waals surface area contributed by atoms with E-state index in [1.54, 1.807) is 16.8 Å². The molecule has 0 aromatic rings. The number of rotatable bonds is 4. The smallest absolute Gasteiger partial charge is 0.319 e. The van der Waals surface area contributed by atoms with Crippen molar-refractivity contribution in [1.29, 1.82) is 0 Å². The van der Waals surface area contributed by atoms with E-state index in [9.17, 15) is 9.59 Å². The summed E-state index contributed by atoms with van der Waals surface area (Å²) in [4.78, 5) is 26.5. The number of nitrogens with zero attached hydrogens (tertiary/aromatic N) is 2. The van der Waals surface area contributed by atoms with Gasteiger partial charge in [-0.1, -0.05) is 20.3 Å². The van der Waals surface area contributed by atoms with Gasteiger partial charge in [-0.15, -0.1) is 0 Å². The molecule has 1 unspecified atom stereocenters. The van der Waals surface area contributed by atoms with Crippen LogP contribution in [0, 0.1) is 11.8 Å². The van der Waals surface area contributed by atoms with Crippen molar-refractivity contribution in [2.24, 2.45) is 11.8 Å². The topological polar surface area (TPSA) is 60.9 Å². The van der Waals surface area contributed by atoms with Crippen molar-refractivity contribution in [3.8, 4) is 0 Å². The first-order valence-electron chi connectivity index (χ1n) is 6.68. The Balaban J connectivity index is 2.52. The van der Waals surface area contributed by atoms with E-state index in [2.05, 4.69) is 13.8 Å². The first kappa shape index (κ1) is 14.8. The highest BCUT2D eigenvalue weighted by Gasteiger charge is 2.29. The molecule has 5 nitrogen and oxygen atoms in total. The Labute approximate surface area is 109 Å². The Kier molecular flexibility index (Phi) is 5.44. The zero-order valence-corrected chi connectivity index (χ0v) is 11.6. The molecule has 0 aromatic carbocycles.